The van der Waals surface area contributed by atoms with Crippen molar-refractivity contribution in [2.24, 2.45) is 0 Å². The molecule has 0 saturated heterocycles. The zero-order chi connectivity index (χ0) is 18.6. The molecule has 0 bridgehead atoms. The molecular weight excluding hydrogens is 367 g/mol. The van der Waals surface area contributed by atoms with Gasteiger partial charge >= 0.3 is 20.6 Å². The third-order valence-electron chi connectivity index (χ3n) is 3.07. The van der Waals surface area contributed by atoms with Crippen LogP contribution in [0.15, 0.2) is 0 Å². The smallest absolute Gasteiger partial charge is 0.377 e. The standard InChI is InChI=1S/C10H15F9O3Si/c1-20-23(21-2,22-3)4-5(11)9(16,17)10(18,19)7(13)6(12)8(14)15/h5-8H,4H2,1-3H3. The van der Waals surface area contributed by atoms with E-state index in [0.717, 1.165) is 21.3 Å². The minimum absolute atomic E-state index is 0.870. The van der Waals surface area contributed by atoms with Crippen LogP contribution in [0.2, 0.25) is 6.04 Å². The summed E-state index contributed by atoms with van der Waals surface area (Å²) in [6, 6.07) is -1.53. The molecular formula is C10H15F9O3Si. The molecule has 0 aliphatic carbocycles. The Bertz CT molecular complexity index is 359. The van der Waals surface area contributed by atoms with Crippen LogP contribution in [0, 0.1) is 0 Å². The average molecular weight is 382 g/mol. The first-order valence-corrected chi connectivity index (χ1v) is 7.87. The van der Waals surface area contributed by atoms with Gasteiger partial charge in [0, 0.05) is 21.3 Å². The van der Waals surface area contributed by atoms with Crippen molar-refractivity contribution in [1.29, 1.82) is 0 Å². The Hall–Kier alpha value is -0.533. The van der Waals surface area contributed by atoms with Gasteiger partial charge in [0.25, 0.3) is 6.43 Å². The van der Waals surface area contributed by atoms with Crippen molar-refractivity contribution in [3.63, 3.8) is 0 Å². The van der Waals surface area contributed by atoms with Crippen molar-refractivity contribution in [2.75, 3.05) is 21.3 Å². The number of alkyl halides is 9. The molecule has 0 N–H and O–H groups in total. The van der Waals surface area contributed by atoms with Gasteiger partial charge in [0.2, 0.25) is 6.17 Å². The van der Waals surface area contributed by atoms with Crippen molar-refractivity contribution in [2.45, 2.75) is 42.8 Å². The van der Waals surface area contributed by atoms with Crippen molar-refractivity contribution in [3.8, 4) is 0 Å². The first-order chi connectivity index (χ1) is 10.3. The van der Waals surface area contributed by atoms with Crippen molar-refractivity contribution >= 4 is 8.80 Å². The highest BCUT2D eigenvalue weighted by Gasteiger charge is 2.70. The Kier molecular flexibility index (Phi) is 7.84. The summed E-state index contributed by atoms with van der Waals surface area (Å²) in [7, 11) is -1.50. The lowest BCUT2D eigenvalue weighted by atomic mass is 10.00. The molecule has 0 fully saturated rings. The molecule has 0 aromatic carbocycles. The molecule has 0 aliphatic rings. The van der Waals surface area contributed by atoms with Gasteiger partial charge in [0.05, 0.1) is 6.04 Å². The van der Waals surface area contributed by atoms with Crippen LogP contribution < -0.4 is 0 Å². The third kappa shape index (κ3) is 4.51. The molecule has 0 radical (unpaired) electrons. The van der Waals surface area contributed by atoms with E-state index in [1.807, 2.05) is 0 Å². The topological polar surface area (TPSA) is 27.7 Å². The Morgan fingerprint density at radius 3 is 1.48 bits per heavy atom. The van der Waals surface area contributed by atoms with E-state index in [4.69, 9.17) is 0 Å². The van der Waals surface area contributed by atoms with Crippen LogP contribution in [0.5, 0.6) is 0 Å². The van der Waals surface area contributed by atoms with Crippen molar-refractivity contribution in [1.82, 2.24) is 0 Å². The minimum Gasteiger partial charge on any atom is -0.377 e. The highest BCUT2D eigenvalue weighted by atomic mass is 28.4. The van der Waals surface area contributed by atoms with E-state index in [0.29, 0.717) is 0 Å². The second kappa shape index (κ2) is 8.03. The van der Waals surface area contributed by atoms with Gasteiger partial charge in [0.1, 0.15) is 0 Å². The minimum atomic E-state index is -6.03. The predicted molar refractivity (Wildman–Crippen MR) is 62.2 cm³/mol. The number of hydrogen-bond donors (Lipinski definition) is 0. The molecule has 140 valence electrons. The molecule has 0 aromatic rings. The van der Waals surface area contributed by atoms with Crippen LogP contribution in [0.4, 0.5) is 39.5 Å². The fraction of sp³-hybridized carbons (Fsp3) is 1.00. The summed E-state index contributed by atoms with van der Waals surface area (Å²) in [6.07, 6.45) is -16.9. The van der Waals surface area contributed by atoms with Crippen LogP contribution in [0.3, 0.4) is 0 Å². The fourth-order valence-corrected chi connectivity index (χ4v) is 3.26. The van der Waals surface area contributed by atoms with Gasteiger partial charge in [-0.2, -0.15) is 17.6 Å². The van der Waals surface area contributed by atoms with Crippen LogP contribution in [0.1, 0.15) is 0 Å². The van der Waals surface area contributed by atoms with Crippen LogP contribution >= 0.6 is 0 Å². The largest absolute Gasteiger partial charge is 0.503 e. The first kappa shape index (κ1) is 22.5. The van der Waals surface area contributed by atoms with Gasteiger partial charge in [-0.05, 0) is 0 Å². The molecule has 13 heteroatoms. The average Bonchev–Trinajstić information content (AvgIpc) is 2.50. The van der Waals surface area contributed by atoms with Gasteiger partial charge in [-0.1, -0.05) is 0 Å². The maximum Gasteiger partial charge on any atom is 0.503 e. The number of hydrogen-bond acceptors (Lipinski definition) is 3. The van der Waals surface area contributed by atoms with E-state index in [-0.39, 0.29) is 0 Å². The molecule has 0 aliphatic heterocycles. The Labute approximate surface area is 127 Å². The summed E-state index contributed by atoms with van der Waals surface area (Å²) in [5, 5.41) is 0. The number of halogens is 9. The fourth-order valence-electron chi connectivity index (χ4n) is 1.57. The summed E-state index contributed by atoms with van der Waals surface area (Å²) < 4.78 is 130. The van der Waals surface area contributed by atoms with E-state index >= 15 is 0 Å². The summed E-state index contributed by atoms with van der Waals surface area (Å²) in [5.41, 5.74) is 0. The second-order valence-corrected chi connectivity index (χ2v) is 7.39. The molecule has 3 unspecified atom stereocenters. The van der Waals surface area contributed by atoms with E-state index in [9.17, 15) is 39.5 Å². The Morgan fingerprint density at radius 1 is 0.783 bits per heavy atom. The molecule has 0 heterocycles. The second-order valence-electron chi connectivity index (χ2n) is 4.39. The normalized spacial score (nSPS) is 18.1. The summed E-state index contributed by atoms with van der Waals surface area (Å²) >= 11 is 0. The van der Waals surface area contributed by atoms with Gasteiger partial charge in [0.15, 0.2) is 12.3 Å². The highest BCUT2D eigenvalue weighted by Crippen LogP contribution is 2.46. The SMILES string of the molecule is CO[Si](CC(F)C(F)(F)C(F)(F)C(F)C(F)C(F)F)(OC)OC. The van der Waals surface area contributed by atoms with Crippen molar-refractivity contribution < 1.29 is 52.8 Å². The van der Waals surface area contributed by atoms with Crippen molar-refractivity contribution in [3.05, 3.63) is 0 Å². The molecule has 0 spiro atoms. The molecule has 0 aromatic heterocycles. The van der Waals surface area contributed by atoms with E-state index in [1.165, 1.54) is 0 Å². The van der Waals surface area contributed by atoms with Crippen LogP contribution in [-0.2, 0) is 13.3 Å². The molecule has 0 amide bonds. The zero-order valence-electron chi connectivity index (χ0n) is 12.1. The summed E-state index contributed by atoms with van der Waals surface area (Å²) in [5.74, 6) is -11.8. The van der Waals surface area contributed by atoms with Gasteiger partial charge in [-0.3, -0.25) is 0 Å². The molecule has 23 heavy (non-hydrogen) atoms. The molecule has 0 saturated carbocycles. The maximum atomic E-state index is 13.6. The van der Waals surface area contributed by atoms with E-state index in [1.54, 1.807) is 0 Å². The van der Waals surface area contributed by atoms with Gasteiger partial charge in [-0.25, -0.2) is 22.0 Å². The third-order valence-corrected chi connectivity index (χ3v) is 5.79. The summed E-state index contributed by atoms with van der Waals surface area (Å²) in [4.78, 5) is 0. The lowest BCUT2D eigenvalue weighted by Crippen LogP contribution is -2.59. The van der Waals surface area contributed by atoms with E-state index in [2.05, 4.69) is 13.3 Å². The zero-order valence-corrected chi connectivity index (χ0v) is 13.1. The van der Waals surface area contributed by atoms with Crippen LogP contribution in [0.25, 0.3) is 0 Å². The quantitative estimate of drug-likeness (QED) is 0.428. The monoisotopic (exact) mass is 382 g/mol. The molecule has 3 atom stereocenters. The lowest BCUT2D eigenvalue weighted by molar-refractivity contribution is -0.274. The van der Waals surface area contributed by atoms with Gasteiger partial charge in [-0.15, -0.1) is 0 Å². The van der Waals surface area contributed by atoms with E-state index < -0.39 is 51.6 Å². The van der Waals surface area contributed by atoms with Crippen LogP contribution in [-0.4, -0.2) is 66.9 Å². The molecule has 0 rings (SSSR count). The first-order valence-electron chi connectivity index (χ1n) is 5.94. The van der Waals surface area contributed by atoms with Gasteiger partial charge < -0.3 is 13.3 Å². The highest BCUT2D eigenvalue weighted by molar-refractivity contribution is 6.60. The Balaban J connectivity index is 5.42. The Morgan fingerprint density at radius 2 is 1.17 bits per heavy atom. The maximum absolute atomic E-state index is 13.6. The molecule has 3 nitrogen and oxygen atoms in total. The lowest BCUT2D eigenvalue weighted by Gasteiger charge is -2.34. The predicted octanol–water partition coefficient (Wildman–Crippen LogP) is 3.41. The summed E-state index contributed by atoms with van der Waals surface area (Å²) in [6.45, 7) is 0. The number of rotatable bonds is 10.